The number of halogens is 3. The molecule has 106 valence electrons. The second-order valence-corrected chi connectivity index (χ2v) is 5.09. The van der Waals surface area contributed by atoms with E-state index in [0.29, 0.717) is 28.3 Å². The number of methoxy groups -OCH3 is 1. The monoisotopic (exact) mass is 359 g/mol. The largest absolute Gasteiger partial charge is 0.491 e. The predicted octanol–water partition coefficient (Wildman–Crippen LogP) is 4.14. The van der Waals surface area contributed by atoms with Crippen molar-refractivity contribution in [3.05, 3.63) is 33.8 Å². The van der Waals surface area contributed by atoms with Gasteiger partial charge in [0.15, 0.2) is 17.4 Å². The van der Waals surface area contributed by atoms with Crippen molar-refractivity contribution in [1.82, 2.24) is 9.97 Å². The van der Waals surface area contributed by atoms with Crippen LogP contribution in [0.25, 0.3) is 11.3 Å². The van der Waals surface area contributed by atoms with Gasteiger partial charge >= 0.3 is 0 Å². The average Bonchev–Trinajstić information content (AvgIpc) is 2.45. The average molecular weight is 361 g/mol. The molecule has 0 spiro atoms. The summed E-state index contributed by atoms with van der Waals surface area (Å²) in [4.78, 5) is 8.19. The van der Waals surface area contributed by atoms with Gasteiger partial charge in [-0.2, -0.15) is 0 Å². The second-order valence-electron chi connectivity index (χ2n) is 3.86. The number of nitrogens with zero attached hydrogens (tertiary/aromatic N) is 2. The summed E-state index contributed by atoms with van der Waals surface area (Å²) in [6.45, 7) is 2.59. The highest BCUT2D eigenvalue weighted by Crippen LogP contribution is 2.38. The van der Waals surface area contributed by atoms with E-state index in [2.05, 4.69) is 31.2 Å². The third-order valence-corrected chi connectivity index (χ3v) is 3.90. The number of anilines is 1. The molecule has 1 aromatic carbocycles. The van der Waals surface area contributed by atoms with E-state index in [0.717, 1.165) is 0 Å². The number of rotatable bonds is 4. The predicted molar refractivity (Wildman–Crippen MR) is 80.9 cm³/mol. The lowest BCUT2D eigenvalue weighted by atomic mass is 10.1. The van der Waals surface area contributed by atoms with Gasteiger partial charge in [-0.15, -0.1) is 0 Å². The summed E-state index contributed by atoms with van der Waals surface area (Å²) in [6.07, 6.45) is 1.35. The minimum atomic E-state index is -0.555. The molecule has 20 heavy (non-hydrogen) atoms. The molecule has 0 bridgehead atoms. The number of hydrogen-bond acceptors (Lipinski definition) is 4. The van der Waals surface area contributed by atoms with Crippen molar-refractivity contribution < 1.29 is 9.13 Å². The Balaban J connectivity index is 2.64. The van der Waals surface area contributed by atoms with Gasteiger partial charge in [-0.05, 0) is 35.0 Å². The maximum atomic E-state index is 14.3. The van der Waals surface area contributed by atoms with Crippen molar-refractivity contribution in [3.63, 3.8) is 0 Å². The lowest BCUT2D eigenvalue weighted by molar-refractivity contribution is 0.414. The van der Waals surface area contributed by atoms with Crippen LogP contribution in [0.15, 0.2) is 22.9 Å². The van der Waals surface area contributed by atoms with Crippen molar-refractivity contribution in [2.45, 2.75) is 6.92 Å². The van der Waals surface area contributed by atoms with Crippen LogP contribution < -0.4 is 10.1 Å². The van der Waals surface area contributed by atoms with Crippen molar-refractivity contribution in [1.29, 1.82) is 0 Å². The van der Waals surface area contributed by atoms with Gasteiger partial charge in [-0.1, -0.05) is 11.6 Å². The van der Waals surface area contributed by atoms with Crippen LogP contribution in [0.4, 0.5) is 10.2 Å². The Bertz CT molecular complexity index is 639. The summed E-state index contributed by atoms with van der Waals surface area (Å²) < 4.78 is 20.1. The van der Waals surface area contributed by atoms with Crippen LogP contribution >= 0.6 is 27.5 Å². The molecule has 2 aromatic rings. The van der Waals surface area contributed by atoms with Crippen LogP contribution in [-0.4, -0.2) is 23.6 Å². The first-order chi connectivity index (χ1) is 9.60. The highest BCUT2D eigenvalue weighted by Gasteiger charge is 2.19. The van der Waals surface area contributed by atoms with Gasteiger partial charge in [-0.25, -0.2) is 14.4 Å². The summed E-state index contributed by atoms with van der Waals surface area (Å²) >= 11 is 9.09. The van der Waals surface area contributed by atoms with Gasteiger partial charge in [-0.3, -0.25) is 0 Å². The van der Waals surface area contributed by atoms with Crippen molar-refractivity contribution in [2.75, 3.05) is 19.0 Å². The summed E-state index contributed by atoms with van der Waals surface area (Å²) in [7, 11) is 1.49. The van der Waals surface area contributed by atoms with E-state index in [4.69, 9.17) is 16.3 Å². The van der Waals surface area contributed by atoms with Crippen LogP contribution in [0, 0.1) is 5.82 Å². The number of ether oxygens (including phenoxy) is 1. The molecule has 4 nitrogen and oxygen atoms in total. The third kappa shape index (κ3) is 2.71. The Hall–Kier alpha value is -1.40. The highest BCUT2D eigenvalue weighted by molar-refractivity contribution is 9.10. The van der Waals surface area contributed by atoms with E-state index >= 15 is 0 Å². The Morgan fingerprint density at radius 2 is 2.15 bits per heavy atom. The van der Waals surface area contributed by atoms with Gasteiger partial charge in [0.25, 0.3) is 0 Å². The van der Waals surface area contributed by atoms with E-state index in [1.807, 2.05) is 6.92 Å². The molecule has 0 aliphatic heterocycles. The molecular weight excluding hydrogens is 349 g/mol. The fourth-order valence-electron chi connectivity index (χ4n) is 1.76. The minimum absolute atomic E-state index is 0.00756. The van der Waals surface area contributed by atoms with Crippen molar-refractivity contribution in [3.8, 4) is 17.0 Å². The summed E-state index contributed by atoms with van der Waals surface area (Å²) in [5.74, 6) is 0.338. The molecule has 2 rings (SSSR count). The van der Waals surface area contributed by atoms with Crippen LogP contribution in [0.2, 0.25) is 5.02 Å². The van der Waals surface area contributed by atoms with Crippen molar-refractivity contribution in [2.24, 2.45) is 0 Å². The maximum Gasteiger partial charge on any atom is 0.187 e. The molecule has 0 atom stereocenters. The molecule has 1 N–H and O–H groups in total. The van der Waals surface area contributed by atoms with E-state index in [1.165, 1.54) is 13.4 Å². The van der Waals surface area contributed by atoms with Crippen LogP contribution in [-0.2, 0) is 0 Å². The first-order valence-corrected chi connectivity index (χ1v) is 7.04. The summed E-state index contributed by atoms with van der Waals surface area (Å²) in [5.41, 5.74) is 0.613. The Labute approximate surface area is 129 Å². The third-order valence-electron chi connectivity index (χ3n) is 2.64. The molecule has 1 heterocycles. The highest BCUT2D eigenvalue weighted by atomic mass is 79.9. The number of benzene rings is 1. The van der Waals surface area contributed by atoms with Gasteiger partial charge in [0, 0.05) is 16.6 Å². The van der Waals surface area contributed by atoms with Crippen LogP contribution in [0.5, 0.6) is 5.75 Å². The fraction of sp³-hybridized carbons (Fsp3) is 0.231. The SMILES string of the molecule is CCNc1ncnc(-c2ccc(Br)c(Cl)c2F)c1OC. The smallest absolute Gasteiger partial charge is 0.187 e. The van der Waals surface area contributed by atoms with Gasteiger partial charge in [0.05, 0.1) is 12.1 Å². The lowest BCUT2D eigenvalue weighted by Crippen LogP contribution is -2.04. The van der Waals surface area contributed by atoms with Gasteiger partial charge < -0.3 is 10.1 Å². The summed E-state index contributed by atoms with van der Waals surface area (Å²) in [5, 5.41) is 3.05. The van der Waals surface area contributed by atoms with Gasteiger partial charge in [0.1, 0.15) is 12.0 Å². The van der Waals surface area contributed by atoms with Gasteiger partial charge in [0.2, 0.25) is 0 Å². The molecule has 0 saturated carbocycles. The molecular formula is C13H12BrClFN3O. The fourth-order valence-corrected chi connectivity index (χ4v) is 2.23. The molecule has 0 radical (unpaired) electrons. The maximum absolute atomic E-state index is 14.3. The molecule has 0 saturated heterocycles. The van der Waals surface area contributed by atoms with E-state index in [-0.39, 0.29) is 10.6 Å². The zero-order chi connectivity index (χ0) is 14.7. The Kier molecular flexibility index (Phi) is 4.77. The minimum Gasteiger partial charge on any atom is -0.491 e. The zero-order valence-corrected chi connectivity index (χ0v) is 13.2. The second kappa shape index (κ2) is 6.37. The van der Waals surface area contributed by atoms with E-state index in [1.54, 1.807) is 12.1 Å². The lowest BCUT2D eigenvalue weighted by Gasteiger charge is -2.13. The normalized spacial score (nSPS) is 10.4. The molecule has 0 amide bonds. The number of nitrogens with one attached hydrogen (secondary N) is 1. The van der Waals surface area contributed by atoms with Crippen molar-refractivity contribution >= 4 is 33.3 Å². The molecule has 0 aliphatic carbocycles. The van der Waals surface area contributed by atoms with E-state index in [9.17, 15) is 4.39 Å². The number of hydrogen-bond donors (Lipinski definition) is 1. The van der Waals surface area contributed by atoms with Crippen LogP contribution in [0.1, 0.15) is 6.92 Å². The first-order valence-electron chi connectivity index (χ1n) is 5.86. The Morgan fingerprint density at radius 3 is 2.80 bits per heavy atom. The number of aromatic nitrogens is 2. The van der Waals surface area contributed by atoms with Crippen LogP contribution in [0.3, 0.4) is 0 Å². The molecule has 0 unspecified atom stereocenters. The molecule has 7 heteroatoms. The van der Waals surface area contributed by atoms with E-state index < -0.39 is 5.82 Å². The Morgan fingerprint density at radius 1 is 1.40 bits per heavy atom. The zero-order valence-electron chi connectivity index (χ0n) is 10.9. The summed E-state index contributed by atoms with van der Waals surface area (Å²) in [6, 6.07) is 3.25. The molecule has 0 aliphatic rings. The first kappa shape index (κ1) is 15.0. The standard InChI is InChI=1S/C13H12BrClFN3O/c1-3-17-13-12(20-2)11(18-6-19-13)7-4-5-8(14)9(15)10(7)16/h4-6H,3H2,1-2H3,(H,17,18,19). The molecule has 0 fully saturated rings. The topological polar surface area (TPSA) is 47.0 Å². The molecule has 1 aromatic heterocycles. The quantitative estimate of drug-likeness (QED) is 0.833.